The van der Waals surface area contributed by atoms with Crippen LogP contribution in [0.4, 0.5) is 0 Å². The molecular formula is C7H10N2OS. The number of hydrogen-bond acceptors (Lipinski definition) is 4. The topological polar surface area (TPSA) is 45.1 Å². The molecule has 2 rings (SSSR count). The van der Waals surface area contributed by atoms with Crippen LogP contribution in [0.3, 0.4) is 0 Å². The van der Waals surface area contributed by atoms with Crippen LogP contribution in [0, 0.1) is 0 Å². The first kappa shape index (κ1) is 7.21. The first-order valence-corrected chi connectivity index (χ1v) is 4.57. The molecule has 2 unspecified atom stereocenters. The molecule has 2 heterocycles. The van der Waals surface area contributed by atoms with Crippen molar-refractivity contribution < 1.29 is 5.11 Å². The third-order valence-electron chi connectivity index (χ3n) is 1.91. The van der Waals surface area contributed by atoms with Gasteiger partial charge in [0.25, 0.3) is 0 Å². The molecule has 3 nitrogen and oxygen atoms in total. The van der Waals surface area contributed by atoms with E-state index in [0.29, 0.717) is 0 Å². The van der Waals surface area contributed by atoms with Crippen LogP contribution in [0.25, 0.3) is 0 Å². The van der Waals surface area contributed by atoms with Crippen molar-refractivity contribution in [2.45, 2.75) is 18.6 Å². The van der Waals surface area contributed by atoms with Crippen LogP contribution in [-0.4, -0.2) is 22.7 Å². The van der Waals surface area contributed by atoms with Gasteiger partial charge in [-0.3, -0.25) is 0 Å². The SMILES string of the molecule is OC1CCNC1c1nccs1. The molecule has 0 spiro atoms. The Morgan fingerprint density at radius 1 is 1.73 bits per heavy atom. The van der Waals surface area contributed by atoms with Gasteiger partial charge in [0.05, 0.1) is 12.1 Å². The Morgan fingerprint density at radius 3 is 3.18 bits per heavy atom. The predicted molar refractivity (Wildman–Crippen MR) is 43.5 cm³/mol. The van der Waals surface area contributed by atoms with Gasteiger partial charge in [-0.15, -0.1) is 11.3 Å². The second kappa shape index (κ2) is 2.89. The predicted octanol–water partition coefficient (Wildman–Crippen LogP) is 0.538. The minimum absolute atomic E-state index is 0.0787. The second-order valence-corrected chi connectivity index (χ2v) is 3.58. The van der Waals surface area contributed by atoms with E-state index in [2.05, 4.69) is 10.3 Å². The Bertz CT molecular complexity index is 224. The van der Waals surface area contributed by atoms with Crippen molar-refractivity contribution in [3.8, 4) is 0 Å². The number of aromatic nitrogens is 1. The molecule has 1 fully saturated rings. The van der Waals surface area contributed by atoms with E-state index in [1.54, 1.807) is 17.5 Å². The van der Waals surface area contributed by atoms with E-state index in [0.717, 1.165) is 18.0 Å². The number of hydrogen-bond donors (Lipinski definition) is 2. The van der Waals surface area contributed by atoms with Crippen LogP contribution in [0.15, 0.2) is 11.6 Å². The van der Waals surface area contributed by atoms with Crippen molar-refractivity contribution in [2.75, 3.05) is 6.54 Å². The summed E-state index contributed by atoms with van der Waals surface area (Å²) in [4.78, 5) is 4.14. The van der Waals surface area contributed by atoms with Gasteiger partial charge in [-0.2, -0.15) is 0 Å². The number of nitrogens with zero attached hydrogens (tertiary/aromatic N) is 1. The maximum Gasteiger partial charge on any atom is 0.112 e. The van der Waals surface area contributed by atoms with Crippen molar-refractivity contribution >= 4 is 11.3 Å². The highest BCUT2D eigenvalue weighted by molar-refractivity contribution is 7.09. The summed E-state index contributed by atoms with van der Waals surface area (Å²) in [6.07, 6.45) is 2.36. The molecule has 0 amide bonds. The number of rotatable bonds is 1. The van der Waals surface area contributed by atoms with Gasteiger partial charge in [-0.25, -0.2) is 4.98 Å². The first-order valence-electron chi connectivity index (χ1n) is 3.69. The monoisotopic (exact) mass is 170 g/mol. The molecule has 1 aliphatic heterocycles. The molecule has 1 aliphatic rings. The van der Waals surface area contributed by atoms with E-state index in [4.69, 9.17) is 0 Å². The highest BCUT2D eigenvalue weighted by Gasteiger charge is 2.27. The summed E-state index contributed by atoms with van der Waals surface area (Å²) in [5.41, 5.74) is 0. The van der Waals surface area contributed by atoms with Crippen LogP contribution >= 0.6 is 11.3 Å². The van der Waals surface area contributed by atoms with Crippen LogP contribution in [0.2, 0.25) is 0 Å². The summed E-state index contributed by atoms with van der Waals surface area (Å²) < 4.78 is 0. The van der Waals surface area contributed by atoms with E-state index in [9.17, 15) is 5.11 Å². The van der Waals surface area contributed by atoms with E-state index in [-0.39, 0.29) is 12.1 Å². The molecular weight excluding hydrogens is 160 g/mol. The average Bonchev–Trinajstić information content (AvgIpc) is 2.55. The third kappa shape index (κ3) is 1.29. The summed E-state index contributed by atoms with van der Waals surface area (Å²) in [6.45, 7) is 0.894. The highest BCUT2D eigenvalue weighted by Crippen LogP contribution is 2.24. The molecule has 0 bridgehead atoms. The van der Waals surface area contributed by atoms with E-state index in [1.807, 2.05) is 5.38 Å². The van der Waals surface area contributed by atoms with Crippen molar-refractivity contribution in [2.24, 2.45) is 0 Å². The first-order chi connectivity index (χ1) is 5.38. The molecule has 0 radical (unpaired) electrons. The van der Waals surface area contributed by atoms with Gasteiger partial charge in [0.1, 0.15) is 5.01 Å². The quantitative estimate of drug-likeness (QED) is 0.646. The summed E-state index contributed by atoms with van der Waals surface area (Å²) >= 11 is 1.59. The fraction of sp³-hybridized carbons (Fsp3) is 0.571. The maximum absolute atomic E-state index is 9.46. The Morgan fingerprint density at radius 2 is 2.64 bits per heavy atom. The molecule has 1 saturated heterocycles. The third-order valence-corrected chi connectivity index (χ3v) is 2.77. The lowest BCUT2D eigenvalue weighted by atomic mass is 10.2. The highest BCUT2D eigenvalue weighted by atomic mass is 32.1. The van der Waals surface area contributed by atoms with Crippen LogP contribution in [0.1, 0.15) is 17.5 Å². The normalized spacial score (nSPS) is 31.0. The standard InChI is InChI=1S/C7H10N2OS/c10-5-1-2-8-6(5)7-9-3-4-11-7/h3-6,8,10H,1-2H2. The van der Waals surface area contributed by atoms with Gasteiger partial charge in [-0.05, 0) is 13.0 Å². The molecule has 11 heavy (non-hydrogen) atoms. The summed E-state index contributed by atoms with van der Waals surface area (Å²) in [7, 11) is 0. The van der Waals surface area contributed by atoms with Gasteiger partial charge in [0, 0.05) is 11.6 Å². The molecule has 0 aliphatic carbocycles. The van der Waals surface area contributed by atoms with Crippen molar-refractivity contribution in [3.63, 3.8) is 0 Å². The minimum Gasteiger partial charge on any atom is -0.391 e. The van der Waals surface area contributed by atoms with Gasteiger partial charge in [0.15, 0.2) is 0 Å². The van der Waals surface area contributed by atoms with Gasteiger partial charge in [-0.1, -0.05) is 0 Å². The van der Waals surface area contributed by atoms with Crippen LogP contribution in [-0.2, 0) is 0 Å². The Labute approximate surface area is 69.1 Å². The number of aliphatic hydroxyl groups excluding tert-OH is 1. The van der Waals surface area contributed by atoms with Crippen LogP contribution in [0.5, 0.6) is 0 Å². The van der Waals surface area contributed by atoms with Gasteiger partial charge < -0.3 is 10.4 Å². The Kier molecular flexibility index (Phi) is 1.89. The lowest BCUT2D eigenvalue weighted by molar-refractivity contribution is 0.160. The van der Waals surface area contributed by atoms with E-state index < -0.39 is 0 Å². The van der Waals surface area contributed by atoms with E-state index >= 15 is 0 Å². The molecule has 0 saturated carbocycles. The zero-order valence-electron chi connectivity index (χ0n) is 6.03. The fourth-order valence-corrected chi connectivity index (χ4v) is 2.10. The Balaban J connectivity index is 2.16. The van der Waals surface area contributed by atoms with Crippen molar-refractivity contribution in [1.82, 2.24) is 10.3 Å². The van der Waals surface area contributed by atoms with E-state index in [1.165, 1.54) is 0 Å². The zero-order valence-corrected chi connectivity index (χ0v) is 6.84. The minimum atomic E-state index is -0.249. The molecule has 1 aromatic rings. The largest absolute Gasteiger partial charge is 0.391 e. The van der Waals surface area contributed by atoms with Gasteiger partial charge in [0.2, 0.25) is 0 Å². The smallest absolute Gasteiger partial charge is 0.112 e. The average molecular weight is 170 g/mol. The number of aliphatic hydroxyl groups is 1. The molecule has 60 valence electrons. The zero-order chi connectivity index (χ0) is 7.68. The molecule has 0 aromatic carbocycles. The van der Waals surface area contributed by atoms with Gasteiger partial charge >= 0.3 is 0 Å². The summed E-state index contributed by atoms with van der Waals surface area (Å²) in [5.74, 6) is 0. The number of nitrogens with one attached hydrogen (secondary N) is 1. The lowest BCUT2D eigenvalue weighted by Gasteiger charge is -2.10. The van der Waals surface area contributed by atoms with Crippen molar-refractivity contribution in [1.29, 1.82) is 0 Å². The molecule has 2 N–H and O–H groups in total. The Hall–Kier alpha value is -0.450. The number of thiazole rings is 1. The maximum atomic E-state index is 9.46. The summed E-state index contributed by atoms with van der Waals surface area (Å²) in [5, 5.41) is 15.6. The molecule has 1 aromatic heterocycles. The second-order valence-electron chi connectivity index (χ2n) is 2.66. The lowest BCUT2D eigenvalue weighted by Crippen LogP contribution is -2.20. The van der Waals surface area contributed by atoms with Crippen LogP contribution < -0.4 is 5.32 Å². The molecule has 2 atom stereocenters. The summed E-state index contributed by atoms with van der Waals surface area (Å²) in [6, 6.07) is 0.0787. The van der Waals surface area contributed by atoms with Crippen molar-refractivity contribution in [3.05, 3.63) is 16.6 Å². The fourth-order valence-electron chi connectivity index (χ4n) is 1.33. The molecule has 4 heteroatoms.